The van der Waals surface area contributed by atoms with Crippen LogP contribution in [0.25, 0.3) is 0 Å². The molecule has 0 aromatic carbocycles. The van der Waals surface area contributed by atoms with Crippen LogP contribution in [0.15, 0.2) is 0 Å². The predicted molar refractivity (Wildman–Crippen MR) is 66.7 cm³/mol. The third-order valence-corrected chi connectivity index (χ3v) is 4.68. The van der Waals surface area contributed by atoms with Crippen LogP contribution < -0.4 is 5.32 Å². The molecule has 0 aliphatic rings. The average Bonchev–Trinajstić information content (AvgIpc) is 2.17. The number of likely N-dealkylation sites (N-methyl/N-ethyl adjacent to an activating group) is 1. The molecule has 0 heterocycles. The molecule has 4 heteroatoms. The Morgan fingerprint density at radius 3 is 2.33 bits per heavy atom. The molecule has 3 unspecified atom stereocenters. The Bertz CT molecular complexity index is 179. The molecule has 3 atom stereocenters. The first kappa shape index (κ1) is 15.1. The van der Waals surface area contributed by atoms with Gasteiger partial charge in [-0.3, -0.25) is 4.21 Å². The summed E-state index contributed by atoms with van der Waals surface area (Å²) in [5.74, 6) is 1.15. The molecule has 0 aromatic heterocycles. The molecular formula is C11H25NO2S. The molecule has 0 aromatic rings. The van der Waals surface area contributed by atoms with Crippen LogP contribution in [0.4, 0.5) is 0 Å². The van der Waals surface area contributed by atoms with E-state index in [4.69, 9.17) is 4.74 Å². The van der Waals surface area contributed by atoms with Crippen LogP contribution in [0.5, 0.6) is 0 Å². The molecule has 0 rings (SSSR count). The van der Waals surface area contributed by atoms with Crippen LogP contribution in [-0.2, 0) is 15.5 Å². The van der Waals surface area contributed by atoms with Crippen molar-refractivity contribution in [1.29, 1.82) is 0 Å². The first-order chi connectivity index (χ1) is 7.02. The summed E-state index contributed by atoms with van der Waals surface area (Å²) in [4.78, 5) is 0. The first-order valence-electron chi connectivity index (χ1n) is 5.62. The summed E-state index contributed by atoms with van der Waals surface area (Å²) < 4.78 is 17.1. The summed E-state index contributed by atoms with van der Waals surface area (Å²) in [6, 6.07) is 0.210. The van der Waals surface area contributed by atoms with E-state index >= 15 is 0 Å². The third-order valence-electron chi connectivity index (χ3n) is 2.58. The Labute approximate surface area is 96.4 Å². The molecule has 15 heavy (non-hydrogen) atoms. The van der Waals surface area contributed by atoms with Gasteiger partial charge in [0.15, 0.2) is 0 Å². The van der Waals surface area contributed by atoms with Crippen molar-refractivity contribution in [3.63, 3.8) is 0 Å². The Morgan fingerprint density at radius 2 is 1.93 bits per heavy atom. The zero-order valence-electron chi connectivity index (χ0n) is 10.6. The molecule has 1 N–H and O–H groups in total. The molecule has 92 valence electrons. The van der Waals surface area contributed by atoms with Gasteiger partial charge in [-0.2, -0.15) is 0 Å². The Balaban J connectivity index is 4.09. The average molecular weight is 235 g/mol. The molecule has 0 saturated carbocycles. The standard InChI is InChI=1S/C11H25NO2S/c1-6-12-11(7-14-5)8-15(13)10(4)9(2)3/h9-12H,6-8H2,1-5H3. The van der Waals surface area contributed by atoms with Crippen molar-refractivity contribution in [2.75, 3.05) is 26.0 Å². The normalized spacial score (nSPS) is 17.7. The highest BCUT2D eigenvalue weighted by Crippen LogP contribution is 2.09. The van der Waals surface area contributed by atoms with Crippen LogP contribution in [0, 0.1) is 5.92 Å². The lowest BCUT2D eigenvalue weighted by Crippen LogP contribution is -2.39. The van der Waals surface area contributed by atoms with Crippen LogP contribution in [0.3, 0.4) is 0 Å². The summed E-state index contributed by atoms with van der Waals surface area (Å²) in [5.41, 5.74) is 0. The smallest absolute Gasteiger partial charge is 0.0624 e. The Morgan fingerprint density at radius 1 is 1.33 bits per heavy atom. The van der Waals surface area contributed by atoms with E-state index in [0.29, 0.717) is 18.3 Å². The minimum Gasteiger partial charge on any atom is -0.383 e. The van der Waals surface area contributed by atoms with E-state index in [1.807, 2.05) is 0 Å². The molecule has 0 fully saturated rings. The van der Waals surface area contributed by atoms with Crippen molar-refractivity contribution in [3.05, 3.63) is 0 Å². The van der Waals surface area contributed by atoms with E-state index in [9.17, 15) is 4.21 Å². The fraction of sp³-hybridized carbons (Fsp3) is 1.00. The van der Waals surface area contributed by atoms with Gasteiger partial charge in [-0.1, -0.05) is 27.7 Å². The van der Waals surface area contributed by atoms with E-state index in [1.54, 1.807) is 7.11 Å². The van der Waals surface area contributed by atoms with E-state index in [-0.39, 0.29) is 11.3 Å². The quantitative estimate of drug-likeness (QED) is 0.691. The van der Waals surface area contributed by atoms with E-state index in [0.717, 1.165) is 6.54 Å². The second-order valence-corrected chi connectivity index (χ2v) is 6.04. The van der Waals surface area contributed by atoms with E-state index < -0.39 is 10.8 Å². The number of hydrogen-bond donors (Lipinski definition) is 1. The second-order valence-electron chi connectivity index (χ2n) is 4.21. The molecular weight excluding hydrogens is 210 g/mol. The lowest BCUT2D eigenvalue weighted by Gasteiger charge is -2.20. The van der Waals surface area contributed by atoms with Crippen LogP contribution >= 0.6 is 0 Å². The molecule has 3 nitrogen and oxygen atoms in total. The molecule has 0 saturated heterocycles. The largest absolute Gasteiger partial charge is 0.383 e. The van der Waals surface area contributed by atoms with Gasteiger partial charge >= 0.3 is 0 Å². The van der Waals surface area contributed by atoms with Crippen LogP contribution in [0.2, 0.25) is 0 Å². The lowest BCUT2D eigenvalue weighted by atomic mass is 10.2. The fourth-order valence-corrected chi connectivity index (χ4v) is 2.83. The Hall–Kier alpha value is 0.0700. The minimum atomic E-state index is -0.770. The van der Waals surface area contributed by atoms with E-state index in [2.05, 4.69) is 33.0 Å². The van der Waals surface area contributed by atoms with Gasteiger partial charge in [0.05, 0.1) is 6.61 Å². The van der Waals surface area contributed by atoms with Crippen molar-refractivity contribution in [2.24, 2.45) is 5.92 Å². The first-order valence-corrected chi connectivity index (χ1v) is 7.00. The zero-order valence-corrected chi connectivity index (χ0v) is 11.4. The maximum atomic E-state index is 12.0. The van der Waals surface area contributed by atoms with Crippen LogP contribution in [-0.4, -0.2) is 41.5 Å². The molecule has 0 aliphatic heterocycles. The maximum absolute atomic E-state index is 12.0. The van der Waals surface area contributed by atoms with Crippen molar-refractivity contribution in [1.82, 2.24) is 5.32 Å². The molecule has 0 aliphatic carbocycles. The highest BCUT2D eigenvalue weighted by Gasteiger charge is 2.19. The highest BCUT2D eigenvalue weighted by atomic mass is 32.2. The maximum Gasteiger partial charge on any atom is 0.0624 e. The predicted octanol–water partition coefficient (Wildman–Crippen LogP) is 1.40. The van der Waals surface area contributed by atoms with Crippen LogP contribution in [0.1, 0.15) is 27.7 Å². The number of nitrogens with one attached hydrogen (secondary N) is 1. The summed E-state index contributed by atoms with van der Waals surface area (Å²) in [6.07, 6.45) is 0. The molecule has 0 bridgehead atoms. The van der Waals surface area contributed by atoms with Crippen molar-refractivity contribution < 1.29 is 8.95 Å². The number of hydrogen-bond acceptors (Lipinski definition) is 3. The summed E-state index contributed by atoms with van der Waals surface area (Å²) in [7, 11) is 0.909. The van der Waals surface area contributed by atoms with Crippen molar-refractivity contribution in [3.8, 4) is 0 Å². The number of methoxy groups -OCH3 is 1. The SMILES string of the molecule is CCNC(COC)CS(=O)C(C)C(C)C. The molecule has 0 amide bonds. The van der Waals surface area contributed by atoms with Crippen molar-refractivity contribution in [2.45, 2.75) is 39.0 Å². The van der Waals surface area contributed by atoms with Gasteiger partial charge < -0.3 is 10.1 Å². The van der Waals surface area contributed by atoms with Gasteiger partial charge in [0.1, 0.15) is 0 Å². The fourth-order valence-electron chi connectivity index (χ4n) is 1.31. The van der Waals surface area contributed by atoms with Gasteiger partial charge in [-0.05, 0) is 12.5 Å². The molecule has 0 radical (unpaired) electrons. The second kappa shape index (κ2) is 8.25. The highest BCUT2D eigenvalue weighted by molar-refractivity contribution is 7.85. The van der Waals surface area contributed by atoms with Gasteiger partial charge in [-0.25, -0.2) is 0 Å². The Kier molecular flexibility index (Phi) is 8.29. The third kappa shape index (κ3) is 6.28. The van der Waals surface area contributed by atoms with E-state index in [1.165, 1.54) is 0 Å². The topological polar surface area (TPSA) is 38.3 Å². The number of ether oxygens (including phenoxy) is 1. The van der Waals surface area contributed by atoms with Gasteiger partial charge in [0.25, 0.3) is 0 Å². The van der Waals surface area contributed by atoms with Gasteiger partial charge in [0, 0.05) is 35.0 Å². The lowest BCUT2D eigenvalue weighted by molar-refractivity contribution is 0.174. The monoisotopic (exact) mass is 235 g/mol. The van der Waals surface area contributed by atoms with Gasteiger partial charge in [0.2, 0.25) is 0 Å². The minimum absolute atomic E-state index is 0.210. The summed E-state index contributed by atoms with van der Waals surface area (Å²) in [6.45, 7) is 9.85. The summed E-state index contributed by atoms with van der Waals surface area (Å²) in [5, 5.41) is 3.54. The summed E-state index contributed by atoms with van der Waals surface area (Å²) >= 11 is 0. The van der Waals surface area contributed by atoms with Crippen molar-refractivity contribution >= 4 is 10.8 Å². The number of rotatable bonds is 8. The molecule has 0 spiro atoms. The van der Waals surface area contributed by atoms with Gasteiger partial charge in [-0.15, -0.1) is 0 Å². The zero-order chi connectivity index (χ0) is 11.8.